The highest BCUT2D eigenvalue weighted by Gasteiger charge is 2.25. The smallest absolute Gasteiger partial charge is 0.224 e. The van der Waals surface area contributed by atoms with Crippen LogP contribution in [0.5, 0.6) is 5.75 Å². The number of phenols is 1. The Morgan fingerprint density at radius 1 is 1.50 bits per heavy atom. The highest BCUT2D eigenvalue weighted by molar-refractivity contribution is 5.79. The van der Waals surface area contributed by atoms with Crippen molar-refractivity contribution in [2.75, 3.05) is 7.11 Å². The van der Waals surface area contributed by atoms with Crippen molar-refractivity contribution in [3.05, 3.63) is 29.8 Å². The number of nitrogens with one attached hydrogen (secondary N) is 1. The first-order valence-corrected chi connectivity index (χ1v) is 6.27. The van der Waals surface area contributed by atoms with Crippen LogP contribution in [0.2, 0.25) is 0 Å². The average Bonchev–Trinajstić information content (AvgIpc) is 2.76. The number of methoxy groups -OCH3 is 1. The standard InChI is InChI=1S/C14H19NO3/c1-18-13-6-5-11(9-13)15-14(17)8-10-3-2-4-12(16)7-10/h2-4,7,11,13,16H,5-6,8-9H2,1H3,(H,15,17). The van der Waals surface area contributed by atoms with E-state index in [0.717, 1.165) is 24.8 Å². The minimum atomic E-state index is 0.00218. The molecule has 2 N–H and O–H groups in total. The van der Waals surface area contributed by atoms with Crippen molar-refractivity contribution >= 4 is 5.91 Å². The highest BCUT2D eigenvalue weighted by Crippen LogP contribution is 2.21. The van der Waals surface area contributed by atoms with Crippen LogP contribution in [0.3, 0.4) is 0 Å². The summed E-state index contributed by atoms with van der Waals surface area (Å²) in [4.78, 5) is 11.8. The van der Waals surface area contributed by atoms with Crippen molar-refractivity contribution in [1.29, 1.82) is 0 Å². The van der Waals surface area contributed by atoms with Gasteiger partial charge in [0.15, 0.2) is 0 Å². The molecule has 0 spiro atoms. The van der Waals surface area contributed by atoms with Crippen molar-refractivity contribution in [2.24, 2.45) is 0 Å². The van der Waals surface area contributed by atoms with Gasteiger partial charge >= 0.3 is 0 Å². The molecule has 2 unspecified atom stereocenters. The molecule has 1 aromatic carbocycles. The molecule has 0 heterocycles. The molecule has 4 nitrogen and oxygen atoms in total. The van der Waals surface area contributed by atoms with Gasteiger partial charge in [0.05, 0.1) is 12.5 Å². The number of hydrogen-bond donors (Lipinski definition) is 2. The lowest BCUT2D eigenvalue weighted by molar-refractivity contribution is -0.121. The Labute approximate surface area is 107 Å². The van der Waals surface area contributed by atoms with Gasteiger partial charge in [-0.05, 0) is 37.0 Å². The topological polar surface area (TPSA) is 58.6 Å². The molecule has 1 saturated carbocycles. The van der Waals surface area contributed by atoms with E-state index in [1.165, 1.54) is 0 Å². The van der Waals surface area contributed by atoms with E-state index in [-0.39, 0.29) is 23.8 Å². The van der Waals surface area contributed by atoms with Crippen molar-refractivity contribution < 1.29 is 14.6 Å². The van der Waals surface area contributed by atoms with E-state index >= 15 is 0 Å². The van der Waals surface area contributed by atoms with Crippen LogP contribution < -0.4 is 5.32 Å². The summed E-state index contributed by atoms with van der Waals surface area (Å²) in [5, 5.41) is 12.3. The zero-order chi connectivity index (χ0) is 13.0. The second-order valence-corrected chi connectivity index (χ2v) is 4.78. The van der Waals surface area contributed by atoms with E-state index in [2.05, 4.69) is 5.32 Å². The first-order valence-electron chi connectivity index (χ1n) is 6.27. The SMILES string of the molecule is COC1CCC(NC(=O)Cc2cccc(O)c2)C1. The van der Waals surface area contributed by atoms with E-state index in [9.17, 15) is 9.90 Å². The third-order valence-corrected chi connectivity index (χ3v) is 3.36. The van der Waals surface area contributed by atoms with Crippen LogP contribution in [-0.4, -0.2) is 30.3 Å². The molecule has 2 atom stereocenters. The van der Waals surface area contributed by atoms with E-state index < -0.39 is 0 Å². The summed E-state index contributed by atoms with van der Waals surface area (Å²) in [7, 11) is 1.71. The first kappa shape index (κ1) is 12.9. The van der Waals surface area contributed by atoms with Crippen LogP contribution in [0.15, 0.2) is 24.3 Å². The molecule has 4 heteroatoms. The lowest BCUT2D eigenvalue weighted by atomic mass is 10.1. The molecule has 1 aliphatic carbocycles. The second kappa shape index (κ2) is 5.87. The minimum absolute atomic E-state index is 0.00218. The molecule has 2 rings (SSSR count). The summed E-state index contributed by atoms with van der Waals surface area (Å²) >= 11 is 0. The molecule has 0 aromatic heterocycles. The first-order chi connectivity index (χ1) is 8.67. The molecule has 0 bridgehead atoms. The molecule has 0 radical (unpaired) electrons. The van der Waals surface area contributed by atoms with Gasteiger partial charge in [-0.1, -0.05) is 12.1 Å². The van der Waals surface area contributed by atoms with Gasteiger partial charge < -0.3 is 15.2 Å². The third kappa shape index (κ3) is 3.47. The van der Waals surface area contributed by atoms with Crippen molar-refractivity contribution in [3.63, 3.8) is 0 Å². The van der Waals surface area contributed by atoms with E-state index in [0.29, 0.717) is 6.42 Å². The molecule has 1 aromatic rings. The molecule has 0 aliphatic heterocycles. The van der Waals surface area contributed by atoms with Gasteiger partial charge in [-0.3, -0.25) is 4.79 Å². The number of carbonyl (C=O) groups is 1. The fraction of sp³-hybridized carbons (Fsp3) is 0.500. The highest BCUT2D eigenvalue weighted by atomic mass is 16.5. The van der Waals surface area contributed by atoms with E-state index in [1.807, 2.05) is 6.07 Å². The van der Waals surface area contributed by atoms with Gasteiger partial charge in [-0.15, -0.1) is 0 Å². The molecule has 0 saturated heterocycles. The zero-order valence-electron chi connectivity index (χ0n) is 10.6. The van der Waals surface area contributed by atoms with Crippen molar-refractivity contribution in [2.45, 2.75) is 37.8 Å². The van der Waals surface area contributed by atoms with Gasteiger partial charge in [-0.25, -0.2) is 0 Å². The predicted octanol–water partition coefficient (Wildman–Crippen LogP) is 1.62. The van der Waals surface area contributed by atoms with Gasteiger partial charge in [-0.2, -0.15) is 0 Å². The third-order valence-electron chi connectivity index (χ3n) is 3.36. The zero-order valence-corrected chi connectivity index (χ0v) is 10.6. The Bertz CT molecular complexity index is 419. The summed E-state index contributed by atoms with van der Waals surface area (Å²) in [6.45, 7) is 0. The molecule has 18 heavy (non-hydrogen) atoms. The number of carbonyl (C=O) groups excluding carboxylic acids is 1. The lowest BCUT2D eigenvalue weighted by Crippen LogP contribution is -2.34. The number of amides is 1. The molecular formula is C14H19NO3. The number of benzene rings is 1. The normalized spacial score (nSPS) is 22.9. The van der Waals surface area contributed by atoms with Crippen LogP contribution in [0.1, 0.15) is 24.8 Å². The largest absolute Gasteiger partial charge is 0.508 e. The summed E-state index contributed by atoms with van der Waals surface area (Å²) in [5.41, 5.74) is 0.828. The maximum atomic E-state index is 11.8. The summed E-state index contributed by atoms with van der Waals surface area (Å²) in [6, 6.07) is 7.02. The molecule has 1 fully saturated rings. The second-order valence-electron chi connectivity index (χ2n) is 4.78. The van der Waals surface area contributed by atoms with Crippen LogP contribution in [-0.2, 0) is 16.0 Å². The Morgan fingerprint density at radius 2 is 2.33 bits per heavy atom. The Morgan fingerprint density at radius 3 is 3.00 bits per heavy atom. The summed E-state index contributed by atoms with van der Waals surface area (Å²) < 4.78 is 5.27. The van der Waals surface area contributed by atoms with E-state index in [1.54, 1.807) is 25.3 Å². The Balaban J connectivity index is 1.82. The maximum absolute atomic E-state index is 11.8. The number of phenolic OH excluding ortho intramolecular Hbond substituents is 1. The molecular weight excluding hydrogens is 230 g/mol. The predicted molar refractivity (Wildman–Crippen MR) is 68.4 cm³/mol. The fourth-order valence-electron chi connectivity index (χ4n) is 2.42. The number of rotatable bonds is 4. The van der Waals surface area contributed by atoms with Crippen molar-refractivity contribution in [1.82, 2.24) is 5.32 Å². The minimum Gasteiger partial charge on any atom is -0.508 e. The molecule has 98 valence electrons. The van der Waals surface area contributed by atoms with Crippen LogP contribution in [0.25, 0.3) is 0 Å². The van der Waals surface area contributed by atoms with Crippen LogP contribution in [0.4, 0.5) is 0 Å². The molecule has 1 amide bonds. The van der Waals surface area contributed by atoms with Gasteiger partial charge in [0, 0.05) is 13.2 Å². The van der Waals surface area contributed by atoms with Crippen LogP contribution in [0, 0.1) is 0 Å². The quantitative estimate of drug-likeness (QED) is 0.852. The van der Waals surface area contributed by atoms with Gasteiger partial charge in [0.1, 0.15) is 5.75 Å². The van der Waals surface area contributed by atoms with Crippen molar-refractivity contribution in [3.8, 4) is 5.75 Å². The van der Waals surface area contributed by atoms with Crippen LogP contribution >= 0.6 is 0 Å². The fourth-order valence-corrected chi connectivity index (χ4v) is 2.42. The van der Waals surface area contributed by atoms with E-state index in [4.69, 9.17) is 4.74 Å². The Kier molecular flexibility index (Phi) is 4.20. The monoisotopic (exact) mass is 249 g/mol. The molecule has 1 aliphatic rings. The average molecular weight is 249 g/mol. The number of hydrogen-bond acceptors (Lipinski definition) is 3. The Hall–Kier alpha value is -1.55. The maximum Gasteiger partial charge on any atom is 0.224 e. The van der Waals surface area contributed by atoms with Gasteiger partial charge in [0.25, 0.3) is 0 Å². The number of ether oxygens (including phenoxy) is 1. The lowest BCUT2D eigenvalue weighted by Gasteiger charge is -2.13. The van der Waals surface area contributed by atoms with Gasteiger partial charge in [0.2, 0.25) is 5.91 Å². The summed E-state index contributed by atoms with van der Waals surface area (Å²) in [6.07, 6.45) is 3.46. The summed E-state index contributed by atoms with van der Waals surface area (Å²) in [5.74, 6) is 0.197. The number of aromatic hydroxyl groups is 1.